The van der Waals surface area contributed by atoms with Gasteiger partial charge < -0.3 is 10.4 Å². The van der Waals surface area contributed by atoms with E-state index in [9.17, 15) is 5.11 Å². The van der Waals surface area contributed by atoms with Gasteiger partial charge >= 0.3 is 0 Å². The Hall–Kier alpha value is 0.210. The monoisotopic (exact) mass is 135 g/mol. The van der Waals surface area contributed by atoms with Crippen molar-refractivity contribution in [1.82, 2.24) is 5.32 Å². The van der Waals surface area contributed by atoms with Crippen LogP contribution in [0.1, 0.15) is 6.42 Å². The Balaban J connectivity index is 0.000000320. The number of halogens is 1. The van der Waals surface area contributed by atoms with E-state index in [1.807, 2.05) is 0 Å². The highest BCUT2D eigenvalue weighted by Gasteiger charge is 2.55. The molecular formula is C5H10ClNO. The standard InChI is InChI=1S/C5H9NO.ClH/c7-5-1-4(5)2-6-3-5;/h4,6-7H,1-3H2;1H. The van der Waals surface area contributed by atoms with Gasteiger partial charge in [0.2, 0.25) is 0 Å². The minimum atomic E-state index is -0.250. The van der Waals surface area contributed by atoms with Crippen LogP contribution in [-0.2, 0) is 0 Å². The van der Waals surface area contributed by atoms with Gasteiger partial charge in [0, 0.05) is 19.0 Å². The molecule has 2 unspecified atom stereocenters. The molecular weight excluding hydrogens is 126 g/mol. The molecule has 0 spiro atoms. The maximum Gasteiger partial charge on any atom is 0.0816 e. The summed E-state index contributed by atoms with van der Waals surface area (Å²) >= 11 is 0. The SMILES string of the molecule is Cl.OC12CNCC1C2. The molecule has 1 aliphatic carbocycles. The predicted octanol–water partition coefficient (Wildman–Crippen LogP) is -0.238. The maximum absolute atomic E-state index is 9.21. The van der Waals surface area contributed by atoms with Gasteiger partial charge in [0.05, 0.1) is 5.60 Å². The van der Waals surface area contributed by atoms with Crippen molar-refractivity contribution in [2.24, 2.45) is 5.92 Å². The number of hydrogen-bond acceptors (Lipinski definition) is 2. The Labute approximate surface area is 54.7 Å². The molecule has 0 amide bonds. The molecule has 2 N–H and O–H groups in total. The first-order valence-electron chi connectivity index (χ1n) is 2.74. The van der Waals surface area contributed by atoms with Gasteiger partial charge in [-0.25, -0.2) is 0 Å². The second-order valence-electron chi connectivity index (χ2n) is 2.64. The Kier molecular flexibility index (Phi) is 1.26. The van der Waals surface area contributed by atoms with E-state index in [4.69, 9.17) is 0 Å². The third-order valence-electron chi connectivity index (χ3n) is 2.02. The van der Waals surface area contributed by atoms with E-state index in [1.54, 1.807) is 0 Å². The number of aliphatic hydroxyl groups is 1. The molecule has 1 aliphatic heterocycles. The highest BCUT2D eigenvalue weighted by molar-refractivity contribution is 5.85. The Bertz CT molecular complexity index is 107. The number of fused-ring (bicyclic) bond motifs is 1. The lowest BCUT2D eigenvalue weighted by atomic mass is 10.3. The molecule has 3 heteroatoms. The van der Waals surface area contributed by atoms with Crippen LogP contribution in [0.5, 0.6) is 0 Å². The van der Waals surface area contributed by atoms with Gasteiger partial charge in [-0.05, 0) is 6.42 Å². The van der Waals surface area contributed by atoms with Crippen molar-refractivity contribution < 1.29 is 5.11 Å². The topological polar surface area (TPSA) is 32.3 Å². The summed E-state index contributed by atoms with van der Waals surface area (Å²) in [6.45, 7) is 1.87. The molecule has 2 nitrogen and oxygen atoms in total. The molecule has 0 radical (unpaired) electrons. The van der Waals surface area contributed by atoms with E-state index in [0.29, 0.717) is 5.92 Å². The average Bonchev–Trinajstić information content (AvgIpc) is 2.09. The van der Waals surface area contributed by atoms with Gasteiger partial charge in [-0.2, -0.15) is 0 Å². The van der Waals surface area contributed by atoms with Crippen molar-refractivity contribution in [1.29, 1.82) is 0 Å². The first kappa shape index (κ1) is 6.33. The smallest absolute Gasteiger partial charge is 0.0816 e. The minimum absolute atomic E-state index is 0. The quantitative estimate of drug-likeness (QED) is 0.481. The van der Waals surface area contributed by atoms with E-state index in [1.165, 1.54) is 0 Å². The Morgan fingerprint density at radius 3 is 2.50 bits per heavy atom. The molecule has 1 saturated heterocycles. The lowest BCUT2D eigenvalue weighted by molar-refractivity contribution is 0.155. The van der Waals surface area contributed by atoms with Crippen molar-refractivity contribution in [3.8, 4) is 0 Å². The van der Waals surface area contributed by atoms with Crippen LogP contribution in [0.25, 0.3) is 0 Å². The second-order valence-corrected chi connectivity index (χ2v) is 2.64. The van der Waals surface area contributed by atoms with Gasteiger partial charge in [0.1, 0.15) is 0 Å². The summed E-state index contributed by atoms with van der Waals surface area (Å²) < 4.78 is 0. The number of piperidine rings is 1. The fraction of sp³-hybridized carbons (Fsp3) is 1.00. The molecule has 0 aromatic carbocycles. The van der Waals surface area contributed by atoms with E-state index in [0.717, 1.165) is 19.5 Å². The van der Waals surface area contributed by atoms with Gasteiger partial charge in [-0.3, -0.25) is 0 Å². The zero-order chi connectivity index (χ0) is 4.91. The lowest BCUT2D eigenvalue weighted by Gasteiger charge is -1.97. The summed E-state index contributed by atoms with van der Waals surface area (Å²) in [5.41, 5.74) is -0.250. The van der Waals surface area contributed by atoms with Crippen LogP contribution in [-0.4, -0.2) is 23.8 Å². The van der Waals surface area contributed by atoms with Crippen molar-refractivity contribution in [2.45, 2.75) is 12.0 Å². The first-order valence-corrected chi connectivity index (χ1v) is 2.74. The maximum atomic E-state index is 9.21. The molecule has 2 rings (SSSR count). The number of rotatable bonds is 0. The molecule has 0 bridgehead atoms. The normalized spacial score (nSPS) is 49.9. The van der Waals surface area contributed by atoms with Crippen molar-refractivity contribution in [3.63, 3.8) is 0 Å². The number of β-amino-alcohol motifs (C(OH)–C–C–N with tert-alkyl or cyclic N) is 1. The number of nitrogens with one attached hydrogen (secondary N) is 1. The Morgan fingerprint density at radius 2 is 2.38 bits per heavy atom. The third kappa shape index (κ3) is 0.642. The lowest BCUT2D eigenvalue weighted by Crippen LogP contribution is -2.19. The Morgan fingerprint density at radius 1 is 1.62 bits per heavy atom. The van der Waals surface area contributed by atoms with Gasteiger partial charge in [-0.1, -0.05) is 0 Å². The van der Waals surface area contributed by atoms with Crippen LogP contribution < -0.4 is 5.32 Å². The van der Waals surface area contributed by atoms with Gasteiger partial charge in [0.25, 0.3) is 0 Å². The molecule has 2 atom stereocenters. The molecule has 0 aromatic rings. The fourth-order valence-corrected chi connectivity index (χ4v) is 1.31. The summed E-state index contributed by atoms with van der Waals surface area (Å²) in [7, 11) is 0. The van der Waals surface area contributed by atoms with Crippen LogP contribution in [0, 0.1) is 5.92 Å². The van der Waals surface area contributed by atoms with E-state index < -0.39 is 0 Å². The highest BCUT2D eigenvalue weighted by atomic mass is 35.5. The van der Waals surface area contributed by atoms with Crippen molar-refractivity contribution in [3.05, 3.63) is 0 Å². The largest absolute Gasteiger partial charge is 0.388 e. The summed E-state index contributed by atoms with van der Waals surface area (Å²) in [6, 6.07) is 0. The van der Waals surface area contributed by atoms with Gasteiger partial charge in [-0.15, -0.1) is 12.4 Å². The van der Waals surface area contributed by atoms with Crippen molar-refractivity contribution in [2.75, 3.05) is 13.1 Å². The molecule has 8 heavy (non-hydrogen) atoms. The zero-order valence-electron chi connectivity index (χ0n) is 4.55. The summed E-state index contributed by atoms with van der Waals surface area (Å²) in [4.78, 5) is 0. The van der Waals surface area contributed by atoms with Crippen LogP contribution in [0.3, 0.4) is 0 Å². The van der Waals surface area contributed by atoms with Crippen LogP contribution in [0.4, 0.5) is 0 Å². The average molecular weight is 136 g/mol. The summed E-state index contributed by atoms with van der Waals surface area (Å²) in [5, 5.41) is 12.3. The van der Waals surface area contributed by atoms with Gasteiger partial charge in [0.15, 0.2) is 0 Å². The molecule has 48 valence electrons. The predicted molar refractivity (Wildman–Crippen MR) is 33.2 cm³/mol. The van der Waals surface area contributed by atoms with Crippen LogP contribution >= 0.6 is 12.4 Å². The number of hydrogen-bond donors (Lipinski definition) is 2. The molecule has 2 fully saturated rings. The van der Waals surface area contributed by atoms with E-state index in [2.05, 4.69) is 5.32 Å². The van der Waals surface area contributed by atoms with E-state index >= 15 is 0 Å². The summed E-state index contributed by atoms with van der Waals surface area (Å²) in [6.07, 6.45) is 1.04. The van der Waals surface area contributed by atoms with Crippen LogP contribution in [0.15, 0.2) is 0 Å². The molecule has 1 heterocycles. The highest BCUT2D eigenvalue weighted by Crippen LogP contribution is 2.45. The molecule has 1 saturated carbocycles. The summed E-state index contributed by atoms with van der Waals surface area (Å²) in [5.74, 6) is 0.604. The fourth-order valence-electron chi connectivity index (χ4n) is 1.31. The minimum Gasteiger partial charge on any atom is -0.388 e. The van der Waals surface area contributed by atoms with Crippen molar-refractivity contribution >= 4 is 12.4 Å². The molecule has 0 aromatic heterocycles. The first-order chi connectivity index (χ1) is 3.31. The second kappa shape index (κ2) is 1.59. The van der Waals surface area contributed by atoms with E-state index in [-0.39, 0.29) is 18.0 Å². The third-order valence-corrected chi connectivity index (χ3v) is 2.02. The zero-order valence-corrected chi connectivity index (χ0v) is 5.37. The molecule has 2 aliphatic rings. The van der Waals surface area contributed by atoms with Crippen LogP contribution in [0.2, 0.25) is 0 Å².